The summed E-state index contributed by atoms with van der Waals surface area (Å²) in [5.74, 6) is 1.63. The van der Waals surface area contributed by atoms with Crippen LogP contribution < -0.4 is 0 Å². The summed E-state index contributed by atoms with van der Waals surface area (Å²) in [6, 6.07) is 7.99. The first-order valence-electron chi connectivity index (χ1n) is 7.82. The third-order valence-corrected chi connectivity index (χ3v) is 4.34. The Balaban J connectivity index is 0.00000156. The Bertz CT molecular complexity index is 847. The number of halogens is 1. The molecule has 3 aromatic rings. The number of likely N-dealkylation sites (tertiary alicyclic amines) is 1. The lowest BCUT2D eigenvalue weighted by Crippen LogP contribution is -2.37. The Kier molecular flexibility index (Phi) is 4.26. The molecule has 4 rings (SSSR count). The Labute approximate surface area is 140 Å². The van der Waals surface area contributed by atoms with Gasteiger partial charge in [-0.15, -0.1) is 17.5 Å². The van der Waals surface area contributed by atoms with Gasteiger partial charge in [-0.1, -0.05) is 12.1 Å². The fraction of sp³-hybridized carbons (Fsp3) is 0.438. The summed E-state index contributed by atoms with van der Waals surface area (Å²) in [5, 5.41) is 4.44. The van der Waals surface area contributed by atoms with Crippen molar-refractivity contribution < 1.29 is 4.79 Å². The first-order chi connectivity index (χ1) is 10.7. The number of hydrogen-bond donors (Lipinski definition) is 0. The Morgan fingerprint density at radius 3 is 2.57 bits per heavy atom. The van der Waals surface area contributed by atoms with Crippen molar-refractivity contribution >= 4 is 35.1 Å². The molecule has 0 radical (unpaired) electrons. The molecule has 1 aromatic carbocycles. The Morgan fingerprint density at radius 1 is 1.13 bits per heavy atom. The number of piperidine rings is 1. The highest BCUT2D eigenvalue weighted by Gasteiger charge is 2.20. The molecule has 1 amide bonds. The van der Waals surface area contributed by atoms with Crippen LogP contribution in [0.25, 0.3) is 16.8 Å². The van der Waals surface area contributed by atoms with Gasteiger partial charge in [0.1, 0.15) is 12.4 Å². The van der Waals surface area contributed by atoms with E-state index >= 15 is 0 Å². The standard InChI is InChI=1S/C16H19N5O.ClH/c1-12-17-16-20(11-15(22)19-9-5-2-6-10-19)13-7-3-4-8-14(13)21(16)18-12;/h3-4,7-8H,2,5-6,9-11H2,1H3;1H. The zero-order valence-electron chi connectivity index (χ0n) is 13.1. The summed E-state index contributed by atoms with van der Waals surface area (Å²) in [4.78, 5) is 19.1. The van der Waals surface area contributed by atoms with Gasteiger partial charge in [0, 0.05) is 13.1 Å². The summed E-state index contributed by atoms with van der Waals surface area (Å²) in [7, 11) is 0. The van der Waals surface area contributed by atoms with Crippen molar-refractivity contribution in [2.45, 2.75) is 32.7 Å². The predicted molar refractivity (Wildman–Crippen MR) is 90.9 cm³/mol. The van der Waals surface area contributed by atoms with Crippen molar-refractivity contribution in [3.05, 3.63) is 30.1 Å². The van der Waals surface area contributed by atoms with Crippen LogP contribution in [-0.4, -0.2) is 43.1 Å². The van der Waals surface area contributed by atoms with Gasteiger partial charge in [-0.3, -0.25) is 9.36 Å². The van der Waals surface area contributed by atoms with Crippen molar-refractivity contribution in [1.82, 2.24) is 24.1 Å². The third kappa shape index (κ3) is 2.67. The molecule has 23 heavy (non-hydrogen) atoms. The van der Waals surface area contributed by atoms with E-state index in [-0.39, 0.29) is 18.3 Å². The molecule has 2 aromatic heterocycles. The maximum absolute atomic E-state index is 12.6. The van der Waals surface area contributed by atoms with Gasteiger partial charge in [0.2, 0.25) is 11.7 Å². The Morgan fingerprint density at radius 2 is 1.83 bits per heavy atom. The van der Waals surface area contributed by atoms with Gasteiger partial charge in [-0.2, -0.15) is 9.50 Å². The van der Waals surface area contributed by atoms with Gasteiger partial charge >= 0.3 is 0 Å². The first-order valence-corrected chi connectivity index (χ1v) is 7.82. The Hall–Kier alpha value is -2.08. The first kappa shape index (κ1) is 15.8. The number of benzene rings is 1. The lowest BCUT2D eigenvalue weighted by molar-refractivity contribution is -0.132. The van der Waals surface area contributed by atoms with E-state index < -0.39 is 0 Å². The number of fused-ring (bicyclic) bond motifs is 3. The van der Waals surface area contributed by atoms with Gasteiger partial charge in [0.15, 0.2) is 0 Å². The molecular formula is C16H20ClN5O. The summed E-state index contributed by atoms with van der Waals surface area (Å²) in [5.41, 5.74) is 1.99. The van der Waals surface area contributed by atoms with Crippen LogP contribution >= 0.6 is 12.4 Å². The number of amides is 1. The molecule has 0 aliphatic carbocycles. The number of carbonyl (C=O) groups is 1. The molecule has 3 heterocycles. The number of rotatable bonds is 2. The summed E-state index contributed by atoms with van der Waals surface area (Å²) in [6.45, 7) is 3.95. The summed E-state index contributed by atoms with van der Waals surface area (Å²) in [6.07, 6.45) is 3.44. The topological polar surface area (TPSA) is 55.4 Å². The molecule has 0 saturated carbocycles. The molecule has 0 spiro atoms. The minimum absolute atomic E-state index is 0. The zero-order valence-corrected chi connectivity index (χ0v) is 13.9. The van der Waals surface area contributed by atoms with Crippen LogP contribution in [0.4, 0.5) is 0 Å². The zero-order chi connectivity index (χ0) is 15.1. The van der Waals surface area contributed by atoms with Gasteiger partial charge in [-0.25, -0.2) is 0 Å². The lowest BCUT2D eigenvalue weighted by Gasteiger charge is -2.26. The molecule has 1 fully saturated rings. The molecule has 6 nitrogen and oxygen atoms in total. The average Bonchev–Trinajstić information content (AvgIpc) is 3.06. The van der Waals surface area contributed by atoms with Gasteiger partial charge in [0.25, 0.3) is 0 Å². The summed E-state index contributed by atoms with van der Waals surface area (Å²) >= 11 is 0. The molecule has 1 aliphatic rings. The van der Waals surface area contributed by atoms with Crippen LogP contribution in [0.1, 0.15) is 25.1 Å². The van der Waals surface area contributed by atoms with Crippen LogP contribution in [-0.2, 0) is 11.3 Å². The number of aryl methyl sites for hydroxylation is 1. The second kappa shape index (κ2) is 6.20. The van der Waals surface area contributed by atoms with E-state index in [4.69, 9.17) is 0 Å². The molecule has 0 bridgehead atoms. The van der Waals surface area contributed by atoms with Crippen molar-refractivity contribution in [3.8, 4) is 0 Å². The van der Waals surface area contributed by atoms with Crippen LogP contribution in [0.5, 0.6) is 0 Å². The quantitative estimate of drug-likeness (QED) is 0.723. The summed E-state index contributed by atoms with van der Waals surface area (Å²) < 4.78 is 3.81. The number of aromatic nitrogens is 4. The second-order valence-corrected chi connectivity index (χ2v) is 5.89. The van der Waals surface area contributed by atoms with E-state index in [1.165, 1.54) is 6.42 Å². The number of imidazole rings is 1. The van der Waals surface area contributed by atoms with E-state index in [1.807, 2.05) is 45.2 Å². The molecule has 122 valence electrons. The number of para-hydroxylation sites is 2. The lowest BCUT2D eigenvalue weighted by atomic mass is 10.1. The monoisotopic (exact) mass is 333 g/mol. The molecular weight excluding hydrogens is 314 g/mol. The molecule has 0 unspecified atom stereocenters. The number of nitrogens with zero attached hydrogens (tertiary/aromatic N) is 5. The van der Waals surface area contributed by atoms with Crippen molar-refractivity contribution in [3.63, 3.8) is 0 Å². The molecule has 0 N–H and O–H groups in total. The fourth-order valence-electron chi connectivity index (χ4n) is 3.25. The highest BCUT2D eigenvalue weighted by Crippen LogP contribution is 2.20. The van der Waals surface area contributed by atoms with Crippen LogP contribution in [0.3, 0.4) is 0 Å². The maximum atomic E-state index is 12.6. The average molecular weight is 334 g/mol. The van der Waals surface area contributed by atoms with E-state index in [2.05, 4.69) is 10.1 Å². The minimum atomic E-state index is 0. The van der Waals surface area contributed by atoms with Gasteiger partial charge < -0.3 is 4.90 Å². The SMILES string of the molecule is Cc1nc2n(CC(=O)N3CCCCC3)c3ccccc3n2n1.Cl. The fourth-order valence-corrected chi connectivity index (χ4v) is 3.25. The molecule has 7 heteroatoms. The van der Waals surface area contributed by atoms with E-state index in [0.717, 1.165) is 48.6 Å². The normalized spacial score (nSPS) is 15.1. The second-order valence-electron chi connectivity index (χ2n) is 5.89. The van der Waals surface area contributed by atoms with Crippen LogP contribution in [0, 0.1) is 6.92 Å². The van der Waals surface area contributed by atoms with Crippen molar-refractivity contribution in [2.24, 2.45) is 0 Å². The predicted octanol–water partition coefficient (Wildman–Crippen LogP) is 2.43. The van der Waals surface area contributed by atoms with Crippen LogP contribution in [0.15, 0.2) is 24.3 Å². The van der Waals surface area contributed by atoms with Gasteiger partial charge in [0.05, 0.1) is 11.0 Å². The van der Waals surface area contributed by atoms with Gasteiger partial charge in [-0.05, 0) is 38.3 Å². The van der Waals surface area contributed by atoms with Crippen LogP contribution in [0.2, 0.25) is 0 Å². The molecule has 1 aliphatic heterocycles. The smallest absolute Gasteiger partial charge is 0.242 e. The number of carbonyl (C=O) groups excluding carboxylic acids is 1. The molecule has 1 saturated heterocycles. The number of hydrogen-bond acceptors (Lipinski definition) is 3. The minimum Gasteiger partial charge on any atom is -0.341 e. The maximum Gasteiger partial charge on any atom is 0.242 e. The largest absolute Gasteiger partial charge is 0.341 e. The van der Waals surface area contributed by atoms with E-state index in [0.29, 0.717) is 6.54 Å². The van der Waals surface area contributed by atoms with Crippen molar-refractivity contribution in [1.29, 1.82) is 0 Å². The molecule has 0 atom stereocenters. The highest BCUT2D eigenvalue weighted by atomic mass is 35.5. The van der Waals surface area contributed by atoms with E-state index in [9.17, 15) is 4.79 Å². The van der Waals surface area contributed by atoms with E-state index in [1.54, 1.807) is 0 Å². The third-order valence-electron chi connectivity index (χ3n) is 4.34. The highest BCUT2D eigenvalue weighted by molar-refractivity contribution is 5.85. The van der Waals surface area contributed by atoms with Crippen molar-refractivity contribution in [2.75, 3.05) is 13.1 Å².